The number of esters is 1. The maximum atomic E-state index is 11.4. The normalized spacial score (nSPS) is 10.4. The zero-order valence-electron chi connectivity index (χ0n) is 11.9. The number of rotatable bonds is 6. The quantitative estimate of drug-likeness (QED) is 0.782. The summed E-state index contributed by atoms with van der Waals surface area (Å²) in [6.45, 7) is 1.09. The minimum Gasteiger partial charge on any atom is -0.464 e. The maximum absolute atomic E-state index is 11.4. The van der Waals surface area contributed by atoms with Crippen LogP contribution in [0.25, 0.3) is 0 Å². The zero-order valence-corrected chi connectivity index (χ0v) is 13.5. The molecule has 0 amide bonds. The third kappa shape index (κ3) is 3.86. The highest BCUT2D eigenvalue weighted by atomic mass is 79.9. The number of anilines is 1. The molecular weight excluding hydrogens is 336 g/mol. The summed E-state index contributed by atoms with van der Waals surface area (Å²) in [5.74, 6) is -0.372. The number of hydrogen-bond acceptors (Lipinski definition) is 4. The van der Waals surface area contributed by atoms with E-state index in [1.807, 2.05) is 24.3 Å². The third-order valence-corrected chi connectivity index (χ3v) is 3.77. The monoisotopic (exact) mass is 352 g/mol. The summed E-state index contributed by atoms with van der Waals surface area (Å²) in [7, 11) is 3.02. The van der Waals surface area contributed by atoms with Crippen molar-refractivity contribution in [3.05, 3.63) is 51.8 Å². The van der Waals surface area contributed by atoms with E-state index in [2.05, 4.69) is 31.0 Å². The van der Waals surface area contributed by atoms with Gasteiger partial charge in [-0.25, -0.2) is 4.79 Å². The van der Waals surface area contributed by atoms with Crippen LogP contribution in [0.3, 0.4) is 0 Å². The van der Waals surface area contributed by atoms with Gasteiger partial charge in [0.05, 0.1) is 20.3 Å². The molecule has 112 valence electrons. The molecule has 0 unspecified atom stereocenters. The average molecular weight is 353 g/mol. The Morgan fingerprint density at radius 2 is 2.10 bits per heavy atom. The molecule has 0 atom stereocenters. The lowest BCUT2D eigenvalue weighted by Gasteiger charge is -2.12. The molecule has 21 heavy (non-hydrogen) atoms. The van der Waals surface area contributed by atoms with Crippen molar-refractivity contribution in [2.45, 2.75) is 13.2 Å². The summed E-state index contributed by atoms with van der Waals surface area (Å²) < 4.78 is 10.9. The molecule has 0 radical (unpaired) electrons. The molecule has 0 saturated carbocycles. The van der Waals surface area contributed by atoms with Gasteiger partial charge in [0.2, 0.25) is 0 Å². The van der Waals surface area contributed by atoms with E-state index in [1.54, 1.807) is 13.2 Å². The van der Waals surface area contributed by atoms with Gasteiger partial charge in [-0.1, -0.05) is 22.0 Å². The molecule has 5 nitrogen and oxygen atoms in total. The lowest BCUT2D eigenvalue weighted by molar-refractivity contribution is 0.0594. The average Bonchev–Trinajstić information content (AvgIpc) is 2.96. The molecular formula is C15H17BrN2O3. The summed E-state index contributed by atoms with van der Waals surface area (Å²) in [4.78, 5) is 14.4. The Morgan fingerprint density at radius 1 is 1.29 bits per heavy atom. The predicted molar refractivity (Wildman–Crippen MR) is 84.3 cm³/mol. The largest absolute Gasteiger partial charge is 0.464 e. The number of aromatic amines is 1. The van der Waals surface area contributed by atoms with Gasteiger partial charge in [0.25, 0.3) is 0 Å². The summed E-state index contributed by atoms with van der Waals surface area (Å²) in [5, 5.41) is 3.33. The Morgan fingerprint density at radius 3 is 2.81 bits per heavy atom. The lowest BCUT2D eigenvalue weighted by Crippen LogP contribution is -2.05. The third-order valence-electron chi connectivity index (χ3n) is 3.03. The van der Waals surface area contributed by atoms with E-state index in [9.17, 15) is 4.79 Å². The number of hydrogen-bond donors (Lipinski definition) is 2. The Bertz CT molecular complexity index is 625. The molecule has 1 aromatic carbocycles. The maximum Gasteiger partial charge on any atom is 0.354 e. The number of carbonyl (C=O) groups is 1. The van der Waals surface area contributed by atoms with E-state index in [1.165, 1.54) is 7.11 Å². The molecule has 2 aromatic rings. The number of H-pyrrole nitrogens is 1. The fourth-order valence-corrected chi connectivity index (χ4v) is 2.46. The molecule has 1 aromatic heterocycles. The van der Waals surface area contributed by atoms with Crippen LogP contribution in [-0.4, -0.2) is 25.2 Å². The molecule has 0 aliphatic carbocycles. The molecule has 2 rings (SSSR count). The van der Waals surface area contributed by atoms with Crippen molar-refractivity contribution < 1.29 is 14.3 Å². The number of aromatic nitrogens is 1. The van der Waals surface area contributed by atoms with Gasteiger partial charge >= 0.3 is 5.97 Å². The van der Waals surface area contributed by atoms with Gasteiger partial charge in [-0.2, -0.15) is 0 Å². The van der Waals surface area contributed by atoms with Gasteiger partial charge in [0.15, 0.2) is 0 Å². The van der Waals surface area contributed by atoms with Crippen molar-refractivity contribution in [1.82, 2.24) is 4.98 Å². The standard InChI is InChI=1S/C15H17BrN2O3/c1-20-9-11-12(16)4-3-5-13(11)17-8-10-6-7-14(18-10)15(19)21-2/h3-7,17-18H,8-9H2,1-2H3. The molecule has 0 saturated heterocycles. The highest BCUT2D eigenvalue weighted by molar-refractivity contribution is 9.10. The number of benzene rings is 1. The smallest absolute Gasteiger partial charge is 0.354 e. The SMILES string of the molecule is COCc1c(Br)cccc1NCc1ccc(C(=O)OC)[nH]1. The summed E-state index contributed by atoms with van der Waals surface area (Å²) in [6.07, 6.45) is 0. The molecule has 0 aliphatic heterocycles. The van der Waals surface area contributed by atoms with Gasteiger partial charge in [0, 0.05) is 28.5 Å². The van der Waals surface area contributed by atoms with Crippen LogP contribution in [0.2, 0.25) is 0 Å². The van der Waals surface area contributed by atoms with E-state index >= 15 is 0 Å². The van der Waals surface area contributed by atoms with Crippen molar-refractivity contribution in [1.29, 1.82) is 0 Å². The Hall–Kier alpha value is -1.79. The molecule has 0 fully saturated rings. The minimum absolute atomic E-state index is 0.372. The van der Waals surface area contributed by atoms with E-state index in [-0.39, 0.29) is 5.97 Å². The van der Waals surface area contributed by atoms with Crippen LogP contribution >= 0.6 is 15.9 Å². The van der Waals surface area contributed by atoms with Gasteiger partial charge in [-0.15, -0.1) is 0 Å². The fourth-order valence-electron chi connectivity index (χ4n) is 1.98. The zero-order chi connectivity index (χ0) is 15.2. The predicted octanol–water partition coefficient (Wildman–Crippen LogP) is 3.32. The van der Waals surface area contributed by atoms with Gasteiger partial charge in [-0.3, -0.25) is 0 Å². The fraction of sp³-hybridized carbons (Fsp3) is 0.267. The molecule has 0 spiro atoms. The van der Waals surface area contributed by atoms with Crippen molar-refractivity contribution >= 4 is 27.6 Å². The van der Waals surface area contributed by atoms with E-state index in [0.717, 1.165) is 21.4 Å². The molecule has 0 bridgehead atoms. The van der Waals surface area contributed by atoms with Crippen molar-refractivity contribution in [3.63, 3.8) is 0 Å². The number of ether oxygens (including phenoxy) is 2. The highest BCUT2D eigenvalue weighted by Crippen LogP contribution is 2.26. The van der Waals surface area contributed by atoms with E-state index in [4.69, 9.17) is 4.74 Å². The second-order valence-corrected chi connectivity index (χ2v) is 5.30. The minimum atomic E-state index is -0.372. The Balaban J connectivity index is 2.08. The van der Waals surface area contributed by atoms with Crippen molar-refractivity contribution in [2.75, 3.05) is 19.5 Å². The number of nitrogens with one attached hydrogen (secondary N) is 2. The first-order valence-electron chi connectivity index (χ1n) is 6.42. The molecule has 6 heteroatoms. The Kier molecular flexibility index (Phi) is 5.41. The van der Waals surface area contributed by atoms with Crippen LogP contribution in [0.5, 0.6) is 0 Å². The van der Waals surface area contributed by atoms with Crippen molar-refractivity contribution in [3.8, 4) is 0 Å². The Labute approximate surface area is 131 Å². The number of methoxy groups -OCH3 is 2. The van der Waals surface area contributed by atoms with Gasteiger partial charge in [-0.05, 0) is 24.3 Å². The number of carbonyl (C=O) groups excluding carboxylic acids is 1. The van der Waals surface area contributed by atoms with Crippen molar-refractivity contribution in [2.24, 2.45) is 0 Å². The van der Waals surface area contributed by atoms with Gasteiger partial charge in [0.1, 0.15) is 5.69 Å². The number of halogens is 1. The second kappa shape index (κ2) is 7.28. The van der Waals surface area contributed by atoms with Crippen LogP contribution in [-0.2, 0) is 22.6 Å². The topological polar surface area (TPSA) is 63.4 Å². The van der Waals surface area contributed by atoms with Crippen LogP contribution < -0.4 is 5.32 Å². The first kappa shape index (κ1) is 15.6. The molecule has 0 aliphatic rings. The van der Waals surface area contributed by atoms with Gasteiger partial charge < -0.3 is 19.8 Å². The van der Waals surface area contributed by atoms with Crippen LogP contribution in [0.1, 0.15) is 21.7 Å². The van der Waals surface area contributed by atoms with Crippen LogP contribution in [0.15, 0.2) is 34.8 Å². The van der Waals surface area contributed by atoms with E-state index in [0.29, 0.717) is 18.8 Å². The van der Waals surface area contributed by atoms with E-state index < -0.39 is 0 Å². The summed E-state index contributed by atoms with van der Waals surface area (Å²) >= 11 is 3.52. The summed E-state index contributed by atoms with van der Waals surface area (Å²) in [6, 6.07) is 9.49. The first-order chi connectivity index (χ1) is 10.2. The highest BCUT2D eigenvalue weighted by Gasteiger charge is 2.09. The second-order valence-electron chi connectivity index (χ2n) is 4.44. The molecule has 1 heterocycles. The molecule has 2 N–H and O–H groups in total. The lowest BCUT2D eigenvalue weighted by atomic mass is 10.2. The van der Waals surface area contributed by atoms with Crippen LogP contribution in [0, 0.1) is 0 Å². The first-order valence-corrected chi connectivity index (χ1v) is 7.21. The summed E-state index contributed by atoms with van der Waals surface area (Å²) in [5.41, 5.74) is 3.39. The van der Waals surface area contributed by atoms with Crippen LogP contribution in [0.4, 0.5) is 5.69 Å².